The molecule has 152 valence electrons. The molecule has 0 saturated heterocycles. The van der Waals surface area contributed by atoms with E-state index in [1.165, 1.54) is 19.2 Å². The summed E-state index contributed by atoms with van der Waals surface area (Å²) in [5.41, 5.74) is -1.12. The normalized spacial score (nSPS) is 12.7. The second-order valence-electron chi connectivity index (χ2n) is 5.84. The van der Waals surface area contributed by atoms with Crippen LogP contribution in [0.15, 0.2) is 40.8 Å². The molecule has 0 aliphatic carbocycles. The minimum Gasteiger partial charge on any atom is -0.460 e. The second-order valence-corrected chi connectivity index (χ2v) is 8.33. The Balaban J connectivity index is 2.05. The number of sulfonamides is 1. The summed E-state index contributed by atoms with van der Waals surface area (Å²) in [5, 5.41) is 2.22. The summed E-state index contributed by atoms with van der Waals surface area (Å²) in [6.07, 6.45) is -1.16. The van der Waals surface area contributed by atoms with Gasteiger partial charge in [0, 0.05) is 13.1 Å². The minimum atomic E-state index is -4.57. The van der Waals surface area contributed by atoms with Gasteiger partial charge in [-0.1, -0.05) is 11.6 Å². The van der Waals surface area contributed by atoms with Crippen molar-refractivity contribution in [3.05, 3.63) is 58.5 Å². The van der Waals surface area contributed by atoms with Crippen molar-refractivity contribution >= 4 is 39.3 Å². The number of furan rings is 1. The first-order valence-corrected chi connectivity index (χ1v) is 9.95. The molecule has 1 aromatic heterocycles. The molecule has 0 atom stereocenters. The van der Waals surface area contributed by atoms with Crippen LogP contribution in [0.5, 0.6) is 0 Å². The van der Waals surface area contributed by atoms with E-state index < -0.39 is 27.7 Å². The van der Waals surface area contributed by atoms with Crippen LogP contribution in [0.2, 0.25) is 5.02 Å². The maximum absolute atomic E-state index is 12.7. The maximum Gasteiger partial charge on any atom is 0.416 e. The molecule has 0 unspecified atom stereocenters. The quantitative estimate of drug-likeness (QED) is 0.694. The molecule has 1 aromatic carbocycles. The Hall–Kier alpha value is -2.30. The van der Waals surface area contributed by atoms with Crippen LogP contribution in [0, 0.1) is 0 Å². The third kappa shape index (κ3) is 6.11. The van der Waals surface area contributed by atoms with Crippen molar-refractivity contribution in [2.24, 2.45) is 0 Å². The van der Waals surface area contributed by atoms with E-state index in [1.807, 2.05) is 0 Å². The average Bonchev–Trinajstić information content (AvgIpc) is 3.00. The van der Waals surface area contributed by atoms with E-state index in [-0.39, 0.29) is 23.0 Å². The fourth-order valence-corrected chi connectivity index (χ4v) is 2.56. The van der Waals surface area contributed by atoms with Gasteiger partial charge in [-0.05, 0) is 36.4 Å². The van der Waals surface area contributed by atoms with Gasteiger partial charge in [0.1, 0.15) is 11.5 Å². The summed E-state index contributed by atoms with van der Waals surface area (Å²) >= 11 is 5.82. The van der Waals surface area contributed by atoms with E-state index in [9.17, 15) is 26.4 Å². The number of carbonyl (C=O) groups excluding carboxylic acids is 1. The van der Waals surface area contributed by atoms with Gasteiger partial charge in [-0.15, -0.1) is 0 Å². The fraction of sp³-hybridized carbons (Fsp3) is 0.235. The smallest absolute Gasteiger partial charge is 0.416 e. The van der Waals surface area contributed by atoms with Gasteiger partial charge in [0.25, 0.3) is 0 Å². The van der Waals surface area contributed by atoms with Gasteiger partial charge >= 0.3 is 6.18 Å². The molecule has 0 saturated carbocycles. The number of hydrogen-bond acceptors (Lipinski definition) is 4. The number of rotatable bonds is 6. The van der Waals surface area contributed by atoms with E-state index >= 15 is 0 Å². The largest absolute Gasteiger partial charge is 0.460 e. The van der Waals surface area contributed by atoms with Gasteiger partial charge in [0.05, 0.1) is 29.1 Å². The Bertz CT molecular complexity index is 1000. The van der Waals surface area contributed by atoms with E-state index in [0.29, 0.717) is 5.76 Å². The number of hydrogen-bond donors (Lipinski definition) is 1. The average molecular weight is 437 g/mol. The van der Waals surface area contributed by atoms with Crippen LogP contribution in [0.1, 0.15) is 17.1 Å². The zero-order valence-corrected chi connectivity index (χ0v) is 16.3. The molecule has 0 fully saturated rings. The molecule has 6 nitrogen and oxygen atoms in total. The van der Waals surface area contributed by atoms with Crippen LogP contribution in [-0.2, 0) is 27.5 Å². The van der Waals surface area contributed by atoms with Crippen LogP contribution in [-0.4, -0.2) is 31.9 Å². The zero-order chi connectivity index (χ0) is 21.1. The maximum atomic E-state index is 12.7. The fourth-order valence-electron chi connectivity index (χ4n) is 2.04. The Morgan fingerprint density at radius 3 is 2.57 bits per heavy atom. The first kappa shape index (κ1) is 22.0. The molecule has 0 aliphatic heterocycles. The van der Waals surface area contributed by atoms with Crippen molar-refractivity contribution in [3.63, 3.8) is 0 Å². The van der Waals surface area contributed by atoms with Crippen LogP contribution in [0.25, 0.3) is 6.08 Å². The number of benzene rings is 1. The van der Waals surface area contributed by atoms with Gasteiger partial charge in [0.2, 0.25) is 15.9 Å². The number of amides is 1. The number of carbonyl (C=O) groups is 1. The topological polar surface area (TPSA) is 79.6 Å². The lowest BCUT2D eigenvalue weighted by Gasteiger charge is -2.11. The number of nitrogens with zero attached hydrogens (tertiary/aromatic N) is 1. The zero-order valence-electron chi connectivity index (χ0n) is 14.7. The molecule has 1 amide bonds. The first-order valence-electron chi connectivity index (χ1n) is 7.72. The SMILES string of the molecule is CN(Cc1ccc(/C=C/C(=O)Nc2cc(C(F)(F)F)ccc2Cl)o1)S(C)(=O)=O. The summed E-state index contributed by atoms with van der Waals surface area (Å²) in [4.78, 5) is 11.9. The molecule has 11 heteroatoms. The van der Waals surface area contributed by atoms with Gasteiger partial charge in [-0.3, -0.25) is 4.79 Å². The Morgan fingerprint density at radius 1 is 1.29 bits per heavy atom. The highest BCUT2D eigenvalue weighted by atomic mass is 35.5. The van der Waals surface area contributed by atoms with E-state index in [0.717, 1.165) is 34.8 Å². The van der Waals surface area contributed by atoms with Crippen LogP contribution < -0.4 is 5.32 Å². The predicted molar refractivity (Wildman–Crippen MR) is 99.1 cm³/mol. The Morgan fingerprint density at radius 2 is 1.96 bits per heavy atom. The van der Waals surface area contributed by atoms with Crippen molar-refractivity contribution in [1.29, 1.82) is 0 Å². The van der Waals surface area contributed by atoms with E-state index in [4.69, 9.17) is 16.0 Å². The van der Waals surface area contributed by atoms with Gasteiger partial charge in [-0.25, -0.2) is 8.42 Å². The number of alkyl halides is 3. The molecule has 1 N–H and O–H groups in total. The van der Waals surface area contributed by atoms with Crippen molar-refractivity contribution in [3.8, 4) is 0 Å². The molecule has 0 aliphatic rings. The summed E-state index contributed by atoms with van der Waals surface area (Å²) in [7, 11) is -1.98. The lowest BCUT2D eigenvalue weighted by atomic mass is 10.2. The number of nitrogens with one attached hydrogen (secondary N) is 1. The lowest BCUT2D eigenvalue weighted by Crippen LogP contribution is -2.24. The molecule has 28 heavy (non-hydrogen) atoms. The number of halogens is 4. The Labute approximate surface area is 164 Å². The minimum absolute atomic E-state index is 0.0126. The van der Waals surface area contributed by atoms with Crippen LogP contribution in [0.3, 0.4) is 0 Å². The molecular formula is C17H16ClF3N2O4S. The van der Waals surface area contributed by atoms with Crippen LogP contribution in [0.4, 0.5) is 18.9 Å². The molecule has 0 radical (unpaired) electrons. The van der Waals surface area contributed by atoms with Crippen molar-refractivity contribution < 1.29 is 30.8 Å². The first-order chi connectivity index (χ1) is 12.9. The molecule has 2 aromatic rings. The molecule has 0 bridgehead atoms. The predicted octanol–water partition coefficient (Wildman–Crippen LogP) is 4.00. The molecule has 1 heterocycles. The third-order valence-corrected chi connectivity index (χ3v) is 5.17. The highest BCUT2D eigenvalue weighted by Crippen LogP contribution is 2.33. The summed E-state index contributed by atoms with van der Waals surface area (Å²) in [6, 6.07) is 5.65. The number of anilines is 1. The molecule has 2 rings (SSSR count). The molecular weight excluding hydrogens is 421 g/mol. The lowest BCUT2D eigenvalue weighted by molar-refractivity contribution is -0.137. The van der Waals surface area contributed by atoms with Gasteiger partial charge in [0.15, 0.2) is 0 Å². The van der Waals surface area contributed by atoms with Crippen molar-refractivity contribution in [1.82, 2.24) is 4.31 Å². The highest BCUT2D eigenvalue weighted by Gasteiger charge is 2.31. The van der Waals surface area contributed by atoms with Gasteiger partial charge in [-0.2, -0.15) is 17.5 Å². The standard InChI is InChI=1S/C17H16ClF3N2O4S/c1-23(28(2,25)26)10-13-5-4-12(27-13)6-8-16(24)22-15-9-11(17(19,20)21)3-7-14(15)18/h3-9H,10H2,1-2H3,(H,22,24)/b8-6+. The van der Waals surface area contributed by atoms with E-state index in [1.54, 1.807) is 6.07 Å². The summed E-state index contributed by atoms with van der Waals surface area (Å²) < 4.78 is 67.5. The Kier molecular flexibility index (Phi) is 6.58. The van der Waals surface area contributed by atoms with Crippen molar-refractivity contribution in [2.45, 2.75) is 12.7 Å². The van der Waals surface area contributed by atoms with E-state index in [2.05, 4.69) is 5.32 Å². The highest BCUT2D eigenvalue weighted by molar-refractivity contribution is 7.88. The van der Waals surface area contributed by atoms with Crippen LogP contribution >= 0.6 is 11.6 Å². The summed E-state index contributed by atoms with van der Waals surface area (Å²) in [5.74, 6) is -0.0940. The van der Waals surface area contributed by atoms with Gasteiger partial charge < -0.3 is 9.73 Å². The summed E-state index contributed by atoms with van der Waals surface area (Å²) in [6.45, 7) is 0.0126. The molecule has 0 spiro atoms. The third-order valence-electron chi connectivity index (χ3n) is 3.58. The monoisotopic (exact) mass is 436 g/mol. The second kappa shape index (κ2) is 8.38. The van der Waals surface area contributed by atoms with Crippen molar-refractivity contribution in [2.75, 3.05) is 18.6 Å².